The van der Waals surface area contributed by atoms with E-state index in [1.54, 1.807) is 57.3 Å². The van der Waals surface area contributed by atoms with Gasteiger partial charge in [-0.3, -0.25) is 13.9 Å². The molecule has 1 aliphatic rings. The number of H-pyrrole nitrogens is 1. The summed E-state index contributed by atoms with van der Waals surface area (Å²) < 4.78 is 38.2. The SMILES string of the molecule is Cc1cn([C@H]2O[C@@H](CO[P@@](=O)(N[C@@H](C)C(=O)OC(C)C)Oc3ccccc3)C(O)[C@H]2C#N)c(=S)[nH]c1=S. The molecule has 0 spiro atoms. The fourth-order valence-electron chi connectivity index (χ4n) is 3.54. The Balaban J connectivity index is 1.81. The Morgan fingerprint density at radius 1 is 1.32 bits per heavy atom. The van der Waals surface area contributed by atoms with Crippen molar-refractivity contribution in [2.45, 2.75) is 58.3 Å². The van der Waals surface area contributed by atoms with Gasteiger partial charge in [0.15, 0.2) is 11.0 Å². The summed E-state index contributed by atoms with van der Waals surface area (Å²) in [7, 11) is -4.19. The van der Waals surface area contributed by atoms with E-state index in [0.717, 1.165) is 0 Å². The van der Waals surface area contributed by atoms with Gasteiger partial charge in [-0.2, -0.15) is 10.3 Å². The number of nitriles is 1. The number of aliphatic hydroxyl groups is 1. The number of aromatic amines is 1. The molecule has 1 saturated heterocycles. The number of carbonyl (C=O) groups is 1. The number of benzene rings is 1. The van der Waals surface area contributed by atoms with E-state index in [1.807, 2.05) is 6.07 Å². The molecule has 6 atom stereocenters. The number of aryl methyl sites for hydroxylation is 1. The molecule has 0 radical (unpaired) electrons. The second-order valence-electron chi connectivity index (χ2n) is 8.72. The lowest BCUT2D eigenvalue weighted by Crippen LogP contribution is -2.37. The first kappa shape index (κ1) is 29.1. The number of nitrogens with one attached hydrogen (secondary N) is 2. The summed E-state index contributed by atoms with van der Waals surface area (Å²) in [6.45, 7) is 6.19. The number of hydrogen-bond donors (Lipinski definition) is 3. The third kappa shape index (κ3) is 7.33. The number of hydrogen-bond acceptors (Lipinski definition) is 10. The number of aromatic nitrogens is 2. The van der Waals surface area contributed by atoms with Crippen molar-refractivity contribution in [1.82, 2.24) is 14.6 Å². The van der Waals surface area contributed by atoms with Crippen LogP contribution in [0.1, 0.15) is 32.6 Å². The summed E-state index contributed by atoms with van der Waals surface area (Å²) >= 11 is 10.5. The lowest BCUT2D eigenvalue weighted by molar-refractivity contribution is -0.149. The minimum atomic E-state index is -4.19. The Labute approximate surface area is 224 Å². The first-order chi connectivity index (χ1) is 17.4. The number of ether oxygens (including phenoxy) is 2. The van der Waals surface area contributed by atoms with Gasteiger partial charge in [0.25, 0.3) is 0 Å². The summed E-state index contributed by atoms with van der Waals surface area (Å²) in [4.78, 5) is 15.2. The monoisotopic (exact) mass is 568 g/mol. The number of aliphatic hydroxyl groups excluding tert-OH is 1. The maximum atomic E-state index is 13.7. The molecule has 2 aromatic rings. The molecule has 0 aliphatic carbocycles. The molecule has 200 valence electrons. The Bertz CT molecular complexity index is 1310. The van der Waals surface area contributed by atoms with E-state index in [4.69, 9.17) is 43.0 Å². The third-order valence-corrected chi connectivity index (χ3v) is 7.75. The van der Waals surface area contributed by atoms with E-state index in [9.17, 15) is 19.7 Å². The quantitative estimate of drug-likeness (QED) is 0.216. The van der Waals surface area contributed by atoms with Crippen molar-refractivity contribution >= 4 is 38.2 Å². The van der Waals surface area contributed by atoms with Crippen molar-refractivity contribution in [2.75, 3.05) is 6.61 Å². The molecule has 1 aromatic heterocycles. The number of nitrogens with zero attached hydrogens (tertiary/aromatic N) is 2. The summed E-state index contributed by atoms with van der Waals surface area (Å²) in [6, 6.07) is 9.25. The molecule has 1 aliphatic heterocycles. The lowest BCUT2D eigenvalue weighted by Gasteiger charge is -2.25. The summed E-state index contributed by atoms with van der Waals surface area (Å²) in [5, 5.41) is 23.1. The summed E-state index contributed by atoms with van der Waals surface area (Å²) in [5.41, 5.74) is 0.699. The molecule has 1 fully saturated rings. The van der Waals surface area contributed by atoms with Crippen LogP contribution in [0.3, 0.4) is 0 Å². The van der Waals surface area contributed by atoms with Gasteiger partial charge in [0.2, 0.25) is 0 Å². The van der Waals surface area contributed by atoms with Crippen molar-refractivity contribution in [1.29, 1.82) is 5.26 Å². The molecular formula is C23H29N4O7PS2. The highest BCUT2D eigenvalue weighted by atomic mass is 32.1. The molecule has 1 unspecified atom stereocenters. The average Bonchev–Trinajstić information content (AvgIpc) is 3.15. The van der Waals surface area contributed by atoms with E-state index in [-0.39, 0.29) is 16.6 Å². The van der Waals surface area contributed by atoms with Crippen molar-refractivity contribution < 1.29 is 33.0 Å². The minimum Gasteiger partial charge on any atom is -0.462 e. The first-order valence-electron chi connectivity index (χ1n) is 11.5. The molecule has 14 heteroatoms. The first-order valence-corrected chi connectivity index (χ1v) is 13.8. The molecule has 0 saturated carbocycles. The van der Waals surface area contributed by atoms with Crippen LogP contribution in [0, 0.1) is 33.6 Å². The van der Waals surface area contributed by atoms with Gasteiger partial charge in [-0.15, -0.1) is 0 Å². The highest BCUT2D eigenvalue weighted by Gasteiger charge is 2.46. The van der Waals surface area contributed by atoms with Crippen molar-refractivity contribution in [3.8, 4) is 11.8 Å². The zero-order chi connectivity index (χ0) is 27.3. The fourth-order valence-corrected chi connectivity index (χ4v) is 5.52. The molecular weight excluding hydrogens is 539 g/mol. The molecule has 37 heavy (non-hydrogen) atoms. The highest BCUT2D eigenvalue weighted by Crippen LogP contribution is 2.46. The molecule has 2 heterocycles. The predicted molar refractivity (Wildman–Crippen MR) is 139 cm³/mol. The Hall–Kier alpha value is -2.43. The zero-order valence-electron chi connectivity index (χ0n) is 20.7. The van der Waals surface area contributed by atoms with E-state index >= 15 is 0 Å². The van der Waals surface area contributed by atoms with Crippen molar-refractivity contribution in [3.05, 3.63) is 51.5 Å². The molecule has 3 rings (SSSR count). The Morgan fingerprint density at radius 2 is 2.00 bits per heavy atom. The van der Waals surface area contributed by atoms with Gasteiger partial charge >= 0.3 is 13.7 Å². The molecule has 1 aromatic carbocycles. The minimum absolute atomic E-state index is 0.215. The third-order valence-electron chi connectivity index (χ3n) is 5.37. The van der Waals surface area contributed by atoms with Crippen LogP contribution in [0.4, 0.5) is 0 Å². The van der Waals surface area contributed by atoms with Gasteiger partial charge in [0.05, 0.1) is 18.8 Å². The van der Waals surface area contributed by atoms with Crippen LogP contribution < -0.4 is 9.61 Å². The van der Waals surface area contributed by atoms with Crippen LogP contribution in [0.15, 0.2) is 36.5 Å². The number of para-hydroxylation sites is 1. The smallest absolute Gasteiger partial charge is 0.459 e. The maximum Gasteiger partial charge on any atom is 0.459 e. The van der Waals surface area contributed by atoms with Gasteiger partial charge in [0, 0.05) is 11.8 Å². The predicted octanol–water partition coefficient (Wildman–Crippen LogP) is 4.12. The normalized spacial score (nSPS) is 23.7. The molecule has 11 nitrogen and oxygen atoms in total. The zero-order valence-corrected chi connectivity index (χ0v) is 23.2. The van der Waals surface area contributed by atoms with Crippen LogP contribution in [-0.4, -0.2) is 51.6 Å². The van der Waals surface area contributed by atoms with E-state index in [0.29, 0.717) is 10.2 Å². The van der Waals surface area contributed by atoms with Crippen molar-refractivity contribution in [3.63, 3.8) is 0 Å². The highest BCUT2D eigenvalue weighted by molar-refractivity contribution is 7.72. The van der Waals surface area contributed by atoms with E-state index in [2.05, 4.69) is 10.1 Å². The average molecular weight is 569 g/mol. The largest absolute Gasteiger partial charge is 0.462 e. The molecule has 0 amide bonds. The Morgan fingerprint density at radius 3 is 2.62 bits per heavy atom. The van der Waals surface area contributed by atoms with E-state index < -0.39 is 50.7 Å². The fraction of sp³-hybridized carbons (Fsp3) is 0.478. The molecule has 0 bridgehead atoms. The van der Waals surface area contributed by atoms with Gasteiger partial charge in [-0.1, -0.05) is 30.4 Å². The summed E-state index contributed by atoms with van der Waals surface area (Å²) in [6.07, 6.45) is -2.05. The summed E-state index contributed by atoms with van der Waals surface area (Å²) in [5.74, 6) is -1.43. The number of rotatable bonds is 10. The maximum absolute atomic E-state index is 13.7. The Kier molecular flexibility index (Phi) is 9.77. The van der Waals surface area contributed by atoms with Gasteiger partial charge in [-0.05, 0) is 52.0 Å². The van der Waals surface area contributed by atoms with Crippen LogP contribution in [-0.2, 0) is 23.4 Å². The van der Waals surface area contributed by atoms with Crippen molar-refractivity contribution in [2.24, 2.45) is 5.92 Å². The standard InChI is InChI=1S/C23H29N4O7PS2/c1-13(2)32-22(29)15(4)26-35(30,34-16-8-6-5-7-9-16)31-12-18-19(28)17(10-24)21(33-18)27-11-14(3)20(36)25-23(27)37/h5-9,11,13,15,17-19,21,28H,12H2,1-4H3,(H,26,30)(H,25,36,37)/t15-,17+,18-,19?,21-,35-/m0/s1. The van der Waals surface area contributed by atoms with Gasteiger partial charge < -0.3 is 24.1 Å². The van der Waals surface area contributed by atoms with Gasteiger partial charge in [0.1, 0.15) is 34.6 Å². The van der Waals surface area contributed by atoms with Crippen LogP contribution in [0.25, 0.3) is 0 Å². The second-order valence-corrected chi connectivity index (χ2v) is 11.2. The molecule has 3 N–H and O–H groups in total. The van der Waals surface area contributed by atoms with E-state index in [1.165, 1.54) is 11.5 Å². The second kappa shape index (κ2) is 12.4. The van der Waals surface area contributed by atoms with Crippen LogP contribution in [0.5, 0.6) is 5.75 Å². The van der Waals surface area contributed by atoms with Gasteiger partial charge in [-0.25, -0.2) is 4.57 Å². The van der Waals surface area contributed by atoms with Crippen LogP contribution in [0.2, 0.25) is 0 Å². The van der Waals surface area contributed by atoms with Crippen LogP contribution >= 0.6 is 32.2 Å². The lowest BCUT2D eigenvalue weighted by atomic mass is 10.0. The topological polar surface area (TPSA) is 148 Å². The number of esters is 1. The number of carbonyl (C=O) groups excluding carboxylic acids is 1.